The average Bonchev–Trinajstić information content (AvgIpc) is 2.54. The van der Waals surface area contributed by atoms with Crippen molar-refractivity contribution in [3.63, 3.8) is 0 Å². The lowest BCUT2D eigenvalue weighted by atomic mass is 9.61. The van der Waals surface area contributed by atoms with Gasteiger partial charge in [-0.1, -0.05) is 31.9 Å². The molecule has 0 amide bonds. The summed E-state index contributed by atoms with van der Waals surface area (Å²) in [7, 11) is 0. The Kier molecular flexibility index (Phi) is 2.48. The van der Waals surface area contributed by atoms with Gasteiger partial charge in [0, 0.05) is 5.41 Å². The van der Waals surface area contributed by atoms with E-state index in [4.69, 9.17) is 17.3 Å². The van der Waals surface area contributed by atoms with Crippen molar-refractivity contribution >= 4 is 23.1 Å². The third-order valence-corrected chi connectivity index (χ3v) is 4.44. The highest BCUT2D eigenvalue weighted by atomic mass is 35.5. The monoisotopic (exact) mass is 265 g/mol. The maximum atomic E-state index is 6.17. The summed E-state index contributed by atoms with van der Waals surface area (Å²) in [6, 6.07) is 0. The fourth-order valence-corrected chi connectivity index (χ4v) is 3.01. The first kappa shape index (κ1) is 11.7. The van der Waals surface area contributed by atoms with Gasteiger partial charge in [0.1, 0.15) is 11.3 Å². The van der Waals surface area contributed by atoms with Crippen molar-refractivity contribution in [2.75, 3.05) is 5.73 Å². The summed E-state index contributed by atoms with van der Waals surface area (Å²) in [5.74, 6) is 1.68. The van der Waals surface area contributed by atoms with Crippen molar-refractivity contribution < 1.29 is 0 Å². The number of imidazole rings is 1. The zero-order valence-electron chi connectivity index (χ0n) is 10.5. The van der Waals surface area contributed by atoms with Gasteiger partial charge in [-0.3, -0.25) is 0 Å². The van der Waals surface area contributed by atoms with Gasteiger partial charge < -0.3 is 5.73 Å². The van der Waals surface area contributed by atoms with Gasteiger partial charge in [-0.2, -0.15) is 0 Å². The molecule has 0 unspecified atom stereocenters. The molecule has 1 saturated carbocycles. The van der Waals surface area contributed by atoms with Gasteiger partial charge in [0.15, 0.2) is 5.15 Å². The zero-order valence-corrected chi connectivity index (χ0v) is 11.3. The van der Waals surface area contributed by atoms with Gasteiger partial charge in [0.2, 0.25) is 5.95 Å². The lowest BCUT2D eigenvalue weighted by molar-refractivity contribution is 0.154. The van der Waals surface area contributed by atoms with Crippen molar-refractivity contribution in [2.24, 2.45) is 5.92 Å². The molecule has 18 heavy (non-hydrogen) atoms. The molecule has 0 bridgehead atoms. The van der Waals surface area contributed by atoms with Crippen LogP contribution >= 0.6 is 11.6 Å². The molecule has 96 valence electrons. The first-order chi connectivity index (χ1) is 8.54. The van der Waals surface area contributed by atoms with Crippen molar-refractivity contribution in [1.82, 2.24) is 19.6 Å². The van der Waals surface area contributed by atoms with E-state index >= 15 is 0 Å². The van der Waals surface area contributed by atoms with E-state index in [-0.39, 0.29) is 11.4 Å². The van der Waals surface area contributed by atoms with Crippen LogP contribution in [0.4, 0.5) is 5.95 Å². The van der Waals surface area contributed by atoms with E-state index in [0.717, 1.165) is 24.2 Å². The molecule has 1 aliphatic rings. The van der Waals surface area contributed by atoms with Crippen molar-refractivity contribution in [2.45, 2.75) is 38.5 Å². The van der Waals surface area contributed by atoms with Gasteiger partial charge in [0.25, 0.3) is 0 Å². The molecule has 0 aromatic carbocycles. The first-order valence-corrected chi connectivity index (χ1v) is 6.59. The molecule has 5 nitrogen and oxygen atoms in total. The molecule has 0 spiro atoms. The number of fused-ring (bicyclic) bond motifs is 1. The minimum absolute atomic E-state index is 0.0802. The summed E-state index contributed by atoms with van der Waals surface area (Å²) in [5.41, 5.74) is 6.48. The second kappa shape index (κ2) is 3.82. The molecular formula is C12H16ClN5. The van der Waals surface area contributed by atoms with E-state index in [1.54, 1.807) is 10.7 Å². The van der Waals surface area contributed by atoms with Crippen molar-refractivity contribution in [1.29, 1.82) is 0 Å². The quantitative estimate of drug-likeness (QED) is 0.905. The Bertz CT molecular complexity index is 600. The minimum Gasteiger partial charge on any atom is -0.367 e. The highest BCUT2D eigenvalue weighted by Gasteiger charge is 2.45. The summed E-state index contributed by atoms with van der Waals surface area (Å²) < 4.78 is 1.77. The molecule has 2 aromatic rings. The van der Waals surface area contributed by atoms with Crippen LogP contribution in [0.25, 0.3) is 5.52 Å². The lowest BCUT2D eigenvalue weighted by Gasteiger charge is -2.44. The highest BCUT2D eigenvalue weighted by molar-refractivity contribution is 6.32. The smallest absolute Gasteiger partial charge is 0.238 e. The van der Waals surface area contributed by atoms with E-state index in [0.29, 0.717) is 11.1 Å². The molecule has 1 aliphatic carbocycles. The van der Waals surface area contributed by atoms with Gasteiger partial charge in [-0.25, -0.2) is 14.5 Å². The SMILES string of the molecule is CC(C)C1(c2nc(Cl)c3cnc(N)nn23)CCC1. The summed E-state index contributed by atoms with van der Waals surface area (Å²) in [6.45, 7) is 4.44. The Labute approximate surface area is 110 Å². The van der Waals surface area contributed by atoms with Crippen molar-refractivity contribution in [3.8, 4) is 0 Å². The minimum atomic E-state index is 0.0802. The number of halogens is 1. The molecule has 0 aliphatic heterocycles. The number of hydrogen-bond acceptors (Lipinski definition) is 4. The van der Waals surface area contributed by atoms with Gasteiger partial charge >= 0.3 is 0 Å². The van der Waals surface area contributed by atoms with Crippen molar-refractivity contribution in [3.05, 3.63) is 17.2 Å². The summed E-state index contributed by atoms with van der Waals surface area (Å²) in [4.78, 5) is 8.49. The lowest BCUT2D eigenvalue weighted by Crippen LogP contribution is -2.41. The predicted octanol–water partition coefficient (Wildman–Crippen LogP) is 2.44. The van der Waals surface area contributed by atoms with Crippen LogP contribution < -0.4 is 5.73 Å². The largest absolute Gasteiger partial charge is 0.367 e. The number of hydrogen-bond donors (Lipinski definition) is 1. The Balaban J connectivity index is 2.26. The Morgan fingerprint density at radius 1 is 1.44 bits per heavy atom. The summed E-state index contributed by atoms with van der Waals surface area (Å²) in [6.07, 6.45) is 5.12. The van der Waals surface area contributed by atoms with Crippen LogP contribution in [-0.4, -0.2) is 19.6 Å². The fraction of sp³-hybridized carbons (Fsp3) is 0.583. The number of nitrogens with two attached hydrogens (primary N) is 1. The Morgan fingerprint density at radius 3 is 2.72 bits per heavy atom. The van der Waals surface area contributed by atoms with Crippen LogP contribution in [0.3, 0.4) is 0 Å². The van der Waals surface area contributed by atoms with Crippen LogP contribution in [0.1, 0.15) is 38.9 Å². The zero-order chi connectivity index (χ0) is 12.9. The maximum Gasteiger partial charge on any atom is 0.238 e. The van der Waals surface area contributed by atoms with Crippen LogP contribution in [-0.2, 0) is 5.41 Å². The van der Waals surface area contributed by atoms with Crippen LogP contribution in [0.5, 0.6) is 0 Å². The van der Waals surface area contributed by atoms with E-state index < -0.39 is 0 Å². The number of nitrogens with zero attached hydrogens (tertiary/aromatic N) is 4. The standard InChI is InChI=1S/C12H16ClN5/c1-7(2)12(4-3-5-12)10-16-9(13)8-6-15-11(14)17-18(8)10/h6-7H,3-5H2,1-2H3,(H2,14,17). The van der Waals surface area contributed by atoms with Crippen LogP contribution in [0.2, 0.25) is 5.15 Å². The van der Waals surface area contributed by atoms with Crippen LogP contribution in [0.15, 0.2) is 6.20 Å². The molecule has 2 heterocycles. The molecule has 0 saturated heterocycles. The first-order valence-electron chi connectivity index (χ1n) is 6.22. The summed E-state index contributed by atoms with van der Waals surface area (Å²) >= 11 is 6.17. The molecular weight excluding hydrogens is 250 g/mol. The number of rotatable bonds is 2. The molecule has 0 atom stereocenters. The molecule has 1 fully saturated rings. The molecule has 0 radical (unpaired) electrons. The highest BCUT2D eigenvalue weighted by Crippen LogP contribution is 2.49. The average molecular weight is 266 g/mol. The molecule has 3 rings (SSSR count). The van der Waals surface area contributed by atoms with E-state index in [9.17, 15) is 0 Å². The predicted molar refractivity (Wildman–Crippen MR) is 70.6 cm³/mol. The second-order valence-electron chi connectivity index (χ2n) is 5.30. The van der Waals surface area contributed by atoms with E-state index in [2.05, 4.69) is 28.9 Å². The Hall–Kier alpha value is -1.36. The van der Waals surface area contributed by atoms with E-state index in [1.807, 2.05) is 0 Å². The second-order valence-corrected chi connectivity index (χ2v) is 5.66. The summed E-state index contributed by atoms with van der Waals surface area (Å²) in [5, 5.41) is 4.72. The third kappa shape index (κ3) is 1.43. The third-order valence-electron chi connectivity index (χ3n) is 4.16. The van der Waals surface area contributed by atoms with Gasteiger partial charge in [-0.05, 0) is 18.8 Å². The fourth-order valence-electron chi connectivity index (χ4n) is 2.80. The Morgan fingerprint density at radius 2 is 2.17 bits per heavy atom. The number of nitrogen functional groups attached to an aromatic ring is 1. The van der Waals surface area contributed by atoms with Gasteiger partial charge in [0.05, 0.1) is 6.20 Å². The van der Waals surface area contributed by atoms with Gasteiger partial charge in [-0.15, -0.1) is 5.10 Å². The van der Waals surface area contributed by atoms with Crippen LogP contribution in [0, 0.1) is 5.92 Å². The normalized spacial score (nSPS) is 18.2. The molecule has 2 aromatic heterocycles. The van der Waals surface area contributed by atoms with E-state index in [1.165, 1.54) is 6.42 Å². The number of anilines is 1. The number of aromatic nitrogens is 4. The topological polar surface area (TPSA) is 69.1 Å². The molecule has 6 heteroatoms. The maximum absolute atomic E-state index is 6.17. The molecule has 2 N–H and O–H groups in total.